The predicted octanol–water partition coefficient (Wildman–Crippen LogP) is 1.84. The van der Waals surface area contributed by atoms with Gasteiger partial charge in [-0.25, -0.2) is 0 Å². The summed E-state index contributed by atoms with van der Waals surface area (Å²) in [5, 5.41) is 3.39. The Hall–Kier alpha value is -0.800. The fourth-order valence-electron chi connectivity index (χ4n) is 2.27. The molecule has 0 bridgehead atoms. The molecule has 84 valence electrons. The maximum Gasteiger partial charge on any atom is 0.105 e. The van der Waals surface area contributed by atoms with Gasteiger partial charge in [-0.15, -0.1) is 0 Å². The van der Waals surface area contributed by atoms with Crippen LogP contribution < -0.4 is 5.32 Å². The molecule has 3 nitrogen and oxygen atoms in total. The quantitative estimate of drug-likeness (QED) is 0.821. The average molecular weight is 209 g/mol. The van der Waals surface area contributed by atoms with Crippen molar-refractivity contribution in [3.05, 3.63) is 24.2 Å². The summed E-state index contributed by atoms with van der Waals surface area (Å²) in [4.78, 5) is 0. The predicted molar refractivity (Wildman–Crippen MR) is 58.8 cm³/mol. The van der Waals surface area contributed by atoms with E-state index in [1.54, 1.807) is 6.26 Å². The average Bonchev–Trinajstić information content (AvgIpc) is 2.80. The highest BCUT2D eigenvalue weighted by Gasteiger charge is 2.23. The topological polar surface area (TPSA) is 34.4 Å². The molecule has 1 aromatic rings. The lowest BCUT2D eigenvalue weighted by atomic mass is 9.89. The smallest absolute Gasteiger partial charge is 0.105 e. The van der Waals surface area contributed by atoms with Crippen LogP contribution in [-0.2, 0) is 11.2 Å². The van der Waals surface area contributed by atoms with Crippen LogP contribution in [0.25, 0.3) is 0 Å². The lowest BCUT2D eigenvalue weighted by Gasteiger charge is -2.29. The van der Waals surface area contributed by atoms with Crippen LogP contribution in [0.15, 0.2) is 22.8 Å². The van der Waals surface area contributed by atoms with E-state index in [0.29, 0.717) is 12.0 Å². The first-order chi connectivity index (χ1) is 7.40. The summed E-state index contributed by atoms with van der Waals surface area (Å²) in [6, 6.07) is 4.51. The van der Waals surface area contributed by atoms with E-state index < -0.39 is 0 Å². The highest BCUT2D eigenvalue weighted by atomic mass is 16.5. The number of likely N-dealkylation sites (N-methyl/N-ethyl adjacent to an activating group) is 1. The van der Waals surface area contributed by atoms with E-state index in [-0.39, 0.29) is 0 Å². The number of ether oxygens (including phenoxy) is 1. The molecule has 2 heterocycles. The molecule has 0 radical (unpaired) electrons. The second kappa shape index (κ2) is 5.33. The summed E-state index contributed by atoms with van der Waals surface area (Å²) >= 11 is 0. The molecular formula is C12H19NO2. The molecular weight excluding hydrogens is 190 g/mol. The van der Waals surface area contributed by atoms with Crippen molar-refractivity contribution < 1.29 is 9.15 Å². The van der Waals surface area contributed by atoms with Crippen LogP contribution in [-0.4, -0.2) is 26.3 Å². The second-order valence-corrected chi connectivity index (χ2v) is 4.13. The minimum Gasteiger partial charge on any atom is -0.469 e. The zero-order chi connectivity index (χ0) is 10.5. The van der Waals surface area contributed by atoms with Crippen molar-refractivity contribution in [2.75, 3.05) is 20.3 Å². The molecule has 0 saturated carbocycles. The summed E-state index contributed by atoms with van der Waals surface area (Å²) < 4.78 is 10.8. The Kier molecular flexibility index (Phi) is 3.80. The molecule has 0 aliphatic carbocycles. The van der Waals surface area contributed by atoms with E-state index in [4.69, 9.17) is 9.15 Å². The minimum atomic E-state index is 0.514. The molecule has 0 spiro atoms. The van der Waals surface area contributed by atoms with Crippen molar-refractivity contribution in [3.8, 4) is 0 Å². The van der Waals surface area contributed by atoms with Crippen molar-refractivity contribution in [2.45, 2.75) is 25.3 Å². The summed E-state index contributed by atoms with van der Waals surface area (Å²) in [5.74, 6) is 1.79. The Morgan fingerprint density at radius 3 is 2.87 bits per heavy atom. The molecule has 1 unspecified atom stereocenters. The molecule has 2 rings (SSSR count). The third-order valence-corrected chi connectivity index (χ3v) is 3.21. The van der Waals surface area contributed by atoms with Gasteiger partial charge in [-0.1, -0.05) is 0 Å². The Balaban J connectivity index is 1.91. The maximum atomic E-state index is 5.39. The lowest BCUT2D eigenvalue weighted by molar-refractivity contribution is 0.0541. The number of hydrogen-bond donors (Lipinski definition) is 1. The van der Waals surface area contributed by atoms with Crippen molar-refractivity contribution in [3.63, 3.8) is 0 Å². The van der Waals surface area contributed by atoms with E-state index in [0.717, 1.165) is 38.2 Å². The molecule has 1 aromatic heterocycles. The van der Waals surface area contributed by atoms with E-state index in [1.165, 1.54) is 0 Å². The van der Waals surface area contributed by atoms with E-state index >= 15 is 0 Å². The second-order valence-electron chi connectivity index (χ2n) is 4.13. The lowest BCUT2D eigenvalue weighted by Crippen LogP contribution is -2.38. The Morgan fingerprint density at radius 2 is 2.27 bits per heavy atom. The van der Waals surface area contributed by atoms with E-state index in [1.807, 2.05) is 19.2 Å². The number of rotatable bonds is 4. The van der Waals surface area contributed by atoms with Gasteiger partial charge in [0.1, 0.15) is 5.76 Å². The normalized spacial score (nSPS) is 20.3. The first kappa shape index (κ1) is 10.7. The van der Waals surface area contributed by atoms with Gasteiger partial charge in [0.05, 0.1) is 6.26 Å². The van der Waals surface area contributed by atoms with Gasteiger partial charge in [-0.05, 0) is 37.9 Å². The Bertz CT molecular complexity index is 265. The van der Waals surface area contributed by atoms with Crippen LogP contribution in [0.2, 0.25) is 0 Å². The molecule has 1 aliphatic heterocycles. The monoisotopic (exact) mass is 209 g/mol. The van der Waals surface area contributed by atoms with Crippen LogP contribution in [0.1, 0.15) is 18.6 Å². The van der Waals surface area contributed by atoms with Gasteiger partial charge in [0.15, 0.2) is 0 Å². The van der Waals surface area contributed by atoms with Crippen LogP contribution in [0, 0.1) is 5.92 Å². The first-order valence-corrected chi connectivity index (χ1v) is 5.67. The van der Waals surface area contributed by atoms with Crippen LogP contribution in [0.4, 0.5) is 0 Å². The number of hydrogen-bond acceptors (Lipinski definition) is 3. The third kappa shape index (κ3) is 2.83. The molecule has 1 aliphatic rings. The van der Waals surface area contributed by atoms with Gasteiger partial charge < -0.3 is 14.5 Å². The van der Waals surface area contributed by atoms with Gasteiger partial charge in [-0.2, -0.15) is 0 Å². The fraction of sp³-hybridized carbons (Fsp3) is 0.667. The van der Waals surface area contributed by atoms with Crippen molar-refractivity contribution in [2.24, 2.45) is 5.92 Å². The van der Waals surface area contributed by atoms with Gasteiger partial charge in [0, 0.05) is 25.7 Å². The van der Waals surface area contributed by atoms with Crippen molar-refractivity contribution in [1.82, 2.24) is 5.32 Å². The fourth-order valence-corrected chi connectivity index (χ4v) is 2.27. The standard InChI is InChI=1S/C12H19NO2/c1-13-12(9-11-3-2-6-15-11)10-4-7-14-8-5-10/h2-3,6,10,12-13H,4-5,7-9H2,1H3. The van der Waals surface area contributed by atoms with Crippen molar-refractivity contribution >= 4 is 0 Å². The third-order valence-electron chi connectivity index (χ3n) is 3.21. The molecule has 1 fully saturated rings. The Morgan fingerprint density at radius 1 is 1.47 bits per heavy atom. The number of nitrogens with one attached hydrogen (secondary N) is 1. The van der Waals surface area contributed by atoms with Crippen LogP contribution in [0.5, 0.6) is 0 Å². The molecule has 15 heavy (non-hydrogen) atoms. The summed E-state index contributed by atoms with van der Waals surface area (Å²) in [6.07, 6.45) is 5.04. The Labute approximate surface area is 90.8 Å². The van der Waals surface area contributed by atoms with Gasteiger partial charge >= 0.3 is 0 Å². The van der Waals surface area contributed by atoms with Crippen molar-refractivity contribution in [1.29, 1.82) is 0 Å². The maximum absolute atomic E-state index is 5.39. The number of furan rings is 1. The molecule has 1 N–H and O–H groups in total. The molecule has 0 amide bonds. The molecule has 1 saturated heterocycles. The van der Waals surface area contributed by atoms with E-state index in [2.05, 4.69) is 5.32 Å². The molecule has 3 heteroatoms. The molecule has 1 atom stereocenters. The minimum absolute atomic E-state index is 0.514. The largest absolute Gasteiger partial charge is 0.469 e. The SMILES string of the molecule is CNC(Cc1ccco1)C1CCOCC1. The van der Waals surface area contributed by atoms with Gasteiger partial charge in [0.2, 0.25) is 0 Å². The highest BCUT2D eigenvalue weighted by molar-refractivity contribution is 5.01. The van der Waals surface area contributed by atoms with Gasteiger partial charge in [0.25, 0.3) is 0 Å². The van der Waals surface area contributed by atoms with Crippen LogP contribution >= 0.6 is 0 Å². The highest BCUT2D eigenvalue weighted by Crippen LogP contribution is 2.21. The summed E-state index contributed by atoms with van der Waals surface area (Å²) in [7, 11) is 2.03. The zero-order valence-corrected chi connectivity index (χ0v) is 9.24. The van der Waals surface area contributed by atoms with Crippen LogP contribution in [0.3, 0.4) is 0 Å². The summed E-state index contributed by atoms with van der Waals surface area (Å²) in [6.45, 7) is 1.81. The zero-order valence-electron chi connectivity index (χ0n) is 9.24. The first-order valence-electron chi connectivity index (χ1n) is 5.67. The molecule has 0 aromatic carbocycles. The summed E-state index contributed by atoms with van der Waals surface area (Å²) in [5.41, 5.74) is 0. The van der Waals surface area contributed by atoms with Gasteiger partial charge in [-0.3, -0.25) is 0 Å². The van der Waals surface area contributed by atoms with E-state index in [9.17, 15) is 0 Å².